The van der Waals surface area contributed by atoms with Crippen molar-refractivity contribution in [2.45, 2.75) is 24.0 Å². The number of fused-ring (bicyclic) bond motifs is 1. The fraction of sp³-hybridized carbons (Fsp3) is 0.364. The molecule has 0 bridgehead atoms. The summed E-state index contributed by atoms with van der Waals surface area (Å²) in [4.78, 5) is 11.1. The Bertz CT molecular complexity index is 654. The molecule has 0 unspecified atom stereocenters. The van der Waals surface area contributed by atoms with Gasteiger partial charge in [0.2, 0.25) is 0 Å². The maximum atomic E-state index is 13.1. The van der Waals surface area contributed by atoms with Crippen molar-refractivity contribution in [1.82, 2.24) is 4.90 Å². The molecule has 20 heavy (non-hydrogen) atoms. The van der Waals surface area contributed by atoms with Crippen molar-refractivity contribution in [2.75, 3.05) is 6.54 Å². The highest BCUT2D eigenvalue weighted by molar-refractivity contribution is 7.86. The van der Waals surface area contributed by atoms with Crippen molar-refractivity contribution in [3.63, 3.8) is 0 Å². The molecule has 1 heterocycles. The summed E-state index contributed by atoms with van der Waals surface area (Å²) in [5, 5.41) is 0. The monoisotopic (exact) mass is 311 g/mol. The largest absolute Gasteiger partial charge is 0.471 e. The second kappa shape index (κ2) is 4.72. The lowest BCUT2D eigenvalue weighted by atomic mass is 9.99. The van der Waals surface area contributed by atoms with E-state index in [1.54, 1.807) is 0 Å². The molecule has 4 nitrogen and oxygen atoms in total. The second-order valence-corrected chi connectivity index (χ2v) is 5.62. The van der Waals surface area contributed by atoms with Crippen LogP contribution < -0.4 is 0 Å². The Morgan fingerprint density at radius 3 is 2.45 bits per heavy atom. The molecule has 0 atom stereocenters. The van der Waals surface area contributed by atoms with E-state index in [9.17, 15) is 30.3 Å². The number of halogens is 4. The van der Waals surface area contributed by atoms with Crippen molar-refractivity contribution in [1.29, 1.82) is 0 Å². The highest BCUT2D eigenvalue weighted by Crippen LogP contribution is 2.29. The van der Waals surface area contributed by atoms with E-state index in [2.05, 4.69) is 0 Å². The first kappa shape index (κ1) is 14.8. The Labute approximate surface area is 112 Å². The van der Waals surface area contributed by atoms with Crippen molar-refractivity contribution >= 4 is 16.1 Å². The Balaban J connectivity index is 2.36. The standard InChI is InChI=1S/C11H9F4NO3S/c12-11(13,14)10(17)16-5-4-8-7(6-16)2-1-3-9(8)20(15,18)19/h1-3H,4-6H2. The highest BCUT2D eigenvalue weighted by Gasteiger charge is 2.43. The predicted octanol–water partition coefficient (Wildman–Crippen LogP) is 1.79. The number of carbonyl (C=O) groups is 1. The van der Waals surface area contributed by atoms with Crippen molar-refractivity contribution < 1.29 is 30.3 Å². The average Bonchev–Trinajstić information content (AvgIpc) is 2.34. The van der Waals surface area contributed by atoms with E-state index in [0.29, 0.717) is 4.90 Å². The molecule has 1 aliphatic heterocycles. The van der Waals surface area contributed by atoms with Gasteiger partial charge in [-0.2, -0.15) is 21.6 Å². The quantitative estimate of drug-likeness (QED) is 0.587. The van der Waals surface area contributed by atoms with E-state index in [0.717, 1.165) is 6.07 Å². The van der Waals surface area contributed by atoms with Crippen LogP contribution in [0.25, 0.3) is 0 Å². The molecule has 0 saturated heterocycles. The third kappa shape index (κ3) is 2.77. The van der Waals surface area contributed by atoms with Crippen LogP contribution in [0.5, 0.6) is 0 Å². The smallest absolute Gasteiger partial charge is 0.330 e. The molecule has 0 aliphatic carbocycles. The van der Waals surface area contributed by atoms with Gasteiger partial charge in [-0.05, 0) is 23.6 Å². The van der Waals surface area contributed by atoms with Gasteiger partial charge in [0.15, 0.2) is 0 Å². The van der Waals surface area contributed by atoms with Crippen molar-refractivity contribution in [3.05, 3.63) is 29.3 Å². The number of carbonyl (C=O) groups excluding carboxylic acids is 1. The first-order chi connectivity index (χ1) is 9.10. The summed E-state index contributed by atoms with van der Waals surface area (Å²) < 4.78 is 72.0. The van der Waals surface area contributed by atoms with Gasteiger partial charge in [0.1, 0.15) is 4.90 Å². The zero-order valence-corrected chi connectivity index (χ0v) is 10.8. The minimum Gasteiger partial charge on any atom is -0.330 e. The van der Waals surface area contributed by atoms with Crippen molar-refractivity contribution in [2.24, 2.45) is 0 Å². The average molecular weight is 311 g/mol. The molecule has 1 aliphatic rings. The summed E-state index contributed by atoms with van der Waals surface area (Å²) >= 11 is 0. The van der Waals surface area contributed by atoms with Gasteiger partial charge in [-0.25, -0.2) is 0 Å². The van der Waals surface area contributed by atoms with Crippen LogP contribution in [-0.2, 0) is 28.0 Å². The van der Waals surface area contributed by atoms with Crippen LogP contribution in [0.1, 0.15) is 11.1 Å². The van der Waals surface area contributed by atoms with Gasteiger partial charge in [-0.3, -0.25) is 4.79 Å². The Morgan fingerprint density at radius 2 is 1.90 bits per heavy atom. The number of nitrogens with zero attached hydrogens (tertiary/aromatic N) is 1. The van der Waals surface area contributed by atoms with E-state index in [1.807, 2.05) is 0 Å². The summed E-state index contributed by atoms with van der Waals surface area (Å²) in [6, 6.07) is 3.65. The molecule has 2 rings (SSSR count). The van der Waals surface area contributed by atoms with Crippen molar-refractivity contribution in [3.8, 4) is 0 Å². The minimum absolute atomic E-state index is 0.126. The third-order valence-corrected chi connectivity index (χ3v) is 3.92. The zero-order valence-electron chi connectivity index (χ0n) is 9.95. The van der Waals surface area contributed by atoms with Gasteiger partial charge in [-0.15, -0.1) is 3.89 Å². The van der Waals surface area contributed by atoms with E-state index in [1.165, 1.54) is 12.1 Å². The molecule has 110 valence electrons. The molecular weight excluding hydrogens is 302 g/mol. The van der Waals surface area contributed by atoms with Crippen LogP contribution in [0, 0.1) is 0 Å². The van der Waals surface area contributed by atoms with Gasteiger partial charge < -0.3 is 4.90 Å². The number of amides is 1. The summed E-state index contributed by atoms with van der Waals surface area (Å²) in [6.07, 6.45) is -5.13. The normalized spacial score (nSPS) is 15.9. The van der Waals surface area contributed by atoms with E-state index < -0.39 is 33.7 Å². The van der Waals surface area contributed by atoms with Crippen LogP contribution in [0.15, 0.2) is 23.1 Å². The van der Waals surface area contributed by atoms with E-state index >= 15 is 0 Å². The van der Waals surface area contributed by atoms with Gasteiger partial charge >= 0.3 is 22.3 Å². The molecular formula is C11H9F4NO3S. The molecule has 9 heteroatoms. The second-order valence-electron chi connectivity index (χ2n) is 4.31. The molecule has 0 radical (unpaired) electrons. The highest BCUT2D eigenvalue weighted by atomic mass is 32.3. The number of hydrogen-bond donors (Lipinski definition) is 0. The number of hydrogen-bond acceptors (Lipinski definition) is 3. The molecule has 1 aromatic rings. The first-order valence-corrected chi connectivity index (χ1v) is 6.90. The third-order valence-electron chi connectivity index (χ3n) is 3.02. The van der Waals surface area contributed by atoms with E-state index in [-0.39, 0.29) is 24.1 Å². The summed E-state index contributed by atoms with van der Waals surface area (Å²) in [5.41, 5.74) is 0.328. The maximum absolute atomic E-state index is 13.1. The zero-order chi connectivity index (χ0) is 15.1. The van der Waals surface area contributed by atoms with E-state index in [4.69, 9.17) is 0 Å². The molecule has 0 aromatic heterocycles. The summed E-state index contributed by atoms with van der Waals surface area (Å²) in [7, 11) is -4.94. The Kier molecular flexibility index (Phi) is 3.49. The molecule has 0 N–H and O–H groups in total. The van der Waals surface area contributed by atoms with Gasteiger partial charge in [0.25, 0.3) is 0 Å². The van der Waals surface area contributed by atoms with Crippen LogP contribution in [0.4, 0.5) is 17.1 Å². The molecule has 0 fully saturated rings. The molecule has 1 aromatic carbocycles. The first-order valence-electron chi connectivity index (χ1n) is 5.52. The topological polar surface area (TPSA) is 54.5 Å². The lowest BCUT2D eigenvalue weighted by Crippen LogP contribution is -2.43. The van der Waals surface area contributed by atoms with Gasteiger partial charge in [0.05, 0.1) is 0 Å². The number of alkyl halides is 3. The van der Waals surface area contributed by atoms with Crippen LogP contribution >= 0.6 is 0 Å². The van der Waals surface area contributed by atoms with Gasteiger partial charge in [0, 0.05) is 13.1 Å². The summed E-state index contributed by atoms with van der Waals surface area (Å²) in [5.74, 6) is -1.99. The van der Waals surface area contributed by atoms with Gasteiger partial charge in [-0.1, -0.05) is 12.1 Å². The molecule has 0 saturated carbocycles. The van der Waals surface area contributed by atoms with Crippen LogP contribution in [0.2, 0.25) is 0 Å². The predicted molar refractivity (Wildman–Crippen MR) is 59.9 cm³/mol. The summed E-state index contributed by atoms with van der Waals surface area (Å²) in [6.45, 7) is -0.699. The minimum atomic E-state index is -4.98. The van der Waals surface area contributed by atoms with Crippen LogP contribution in [-0.4, -0.2) is 31.9 Å². The fourth-order valence-electron chi connectivity index (χ4n) is 2.16. The lowest BCUT2D eigenvalue weighted by molar-refractivity contribution is -0.186. The maximum Gasteiger partial charge on any atom is 0.471 e. The lowest BCUT2D eigenvalue weighted by Gasteiger charge is -2.30. The Morgan fingerprint density at radius 1 is 1.25 bits per heavy atom. The number of benzene rings is 1. The SMILES string of the molecule is O=C(N1CCc2c(cccc2S(=O)(=O)F)C1)C(F)(F)F. The van der Waals surface area contributed by atoms with Crippen LogP contribution in [0.3, 0.4) is 0 Å². The fourth-order valence-corrected chi connectivity index (χ4v) is 2.92. The molecule has 1 amide bonds. The number of rotatable bonds is 1. The molecule has 0 spiro atoms. The Hall–Kier alpha value is -1.64.